The van der Waals surface area contributed by atoms with E-state index < -0.39 is 5.97 Å². The molecule has 0 aromatic heterocycles. The molecule has 1 aromatic carbocycles. The van der Waals surface area contributed by atoms with Crippen LogP contribution in [-0.2, 0) is 16.0 Å². The fourth-order valence-electron chi connectivity index (χ4n) is 2.86. The van der Waals surface area contributed by atoms with Gasteiger partial charge in [0.25, 0.3) is 5.91 Å². The molecular weight excluding hydrogens is 308 g/mol. The van der Waals surface area contributed by atoms with Crippen molar-refractivity contribution in [2.75, 3.05) is 18.5 Å². The molecule has 0 unspecified atom stereocenters. The van der Waals surface area contributed by atoms with Gasteiger partial charge in [-0.05, 0) is 43.0 Å². The van der Waals surface area contributed by atoms with Gasteiger partial charge in [0.15, 0.2) is 0 Å². The molecular formula is C18H24N2O4. The number of nitrogens with one attached hydrogen (secondary N) is 1. The fourth-order valence-corrected chi connectivity index (χ4v) is 2.86. The Kier molecular flexibility index (Phi) is 6.35. The minimum atomic E-state index is -0.761. The first kappa shape index (κ1) is 18.0. The molecule has 0 atom stereocenters. The fraction of sp³-hybridized carbons (Fsp3) is 0.500. The SMILES string of the molecule is CN1C(=O)CCc2cc(C(=O)NCCCCCCC(=O)O)ccc21. The second-order valence-electron chi connectivity index (χ2n) is 6.11. The summed E-state index contributed by atoms with van der Waals surface area (Å²) in [4.78, 5) is 35.9. The zero-order valence-electron chi connectivity index (χ0n) is 14.0. The Morgan fingerprint density at radius 3 is 2.67 bits per heavy atom. The van der Waals surface area contributed by atoms with Crippen LogP contribution in [-0.4, -0.2) is 36.5 Å². The maximum Gasteiger partial charge on any atom is 0.303 e. The lowest BCUT2D eigenvalue weighted by atomic mass is 9.99. The predicted molar refractivity (Wildman–Crippen MR) is 91.2 cm³/mol. The highest BCUT2D eigenvalue weighted by Gasteiger charge is 2.21. The molecule has 6 nitrogen and oxygen atoms in total. The van der Waals surface area contributed by atoms with E-state index in [-0.39, 0.29) is 18.2 Å². The van der Waals surface area contributed by atoms with Crippen molar-refractivity contribution in [3.05, 3.63) is 29.3 Å². The van der Waals surface area contributed by atoms with Gasteiger partial charge in [-0.3, -0.25) is 14.4 Å². The molecule has 0 aliphatic carbocycles. The van der Waals surface area contributed by atoms with E-state index in [1.54, 1.807) is 18.0 Å². The maximum atomic E-state index is 12.2. The molecule has 0 saturated carbocycles. The molecule has 2 rings (SSSR count). The second-order valence-corrected chi connectivity index (χ2v) is 6.11. The van der Waals surface area contributed by atoms with E-state index in [1.807, 2.05) is 12.1 Å². The molecule has 2 N–H and O–H groups in total. The molecule has 0 spiro atoms. The Bertz CT molecular complexity index is 627. The molecule has 0 fully saturated rings. The Morgan fingerprint density at radius 2 is 1.92 bits per heavy atom. The first-order valence-corrected chi connectivity index (χ1v) is 8.38. The smallest absolute Gasteiger partial charge is 0.303 e. The molecule has 24 heavy (non-hydrogen) atoms. The van der Waals surface area contributed by atoms with Crippen LogP contribution >= 0.6 is 0 Å². The lowest BCUT2D eigenvalue weighted by Gasteiger charge is -2.26. The lowest BCUT2D eigenvalue weighted by Crippen LogP contribution is -2.31. The van der Waals surface area contributed by atoms with Crippen molar-refractivity contribution in [1.29, 1.82) is 0 Å². The summed E-state index contributed by atoms with van der Waals surface area (Å²) in [6.45, 7) is 0.585. The molecule has 6 heteroatoms. The van der Waals surface area contributed by atoms with Gasteiger partial charge in [-0.1, -0.05) is 12.8 Å². The number of carbonyl (C=O) groups is 3. The Hall–Kier alpha value is -2.37. The minimum Gasteiger partial charge on any atom is -0.481 e. The van der Waals surface area contributed by atoms with Crippen LogP contribution in [0.4, 0.5) is 5.69 Å². The van der Waals surface area contributed by atoms with Gasteiger partial charge in [0, 0.05) is 37.7 Å². The van der Waals surface area contributed by atoms with Gasteiger partial charge in [0.1, 0.15) is 0 Å². The van der Waals surface area contributed by atoms with Gasteiger partial charge in [-0.15, -0.1) is 0 Å². The van der Waals surface area contributed by atoms with Crippen molar-refractivity contribution < 1.29 is 19.5 Å². The largest absolute Gasteiger partial charge is 0.481 e. The number of carboxylic acid groups (broad SMARTS) is 1. The minimum absolute atomic E-state index is 0.0996. The normalized spacial score (nSPS) is 13.5. The third kappa shape index (κ3) is 4.81. The van der Waals surface area contributed by atoms with Crippen molar-refractivity contribution in [3.63, 3.8) is 0 Å². The standard InChI is InChI=1S/C18H24N2O4/c1-20-15-9-7-14(12-13(15)8-10-16(20)21)18(24)19-11-5-3-2-4-6-17(22)23/h7,9,12H,2-6,8,10-11H2,1H3,(H,19,24)(H,22,23). The highest BCUT2D eigenvalue weighted by atomic mass is 16.4. The summed E-state index contributed by atoms with van der Waals surface area (Å²) < 4.78 is 0. The summed E-state index contributed by atoms with van der Waals surface area (Å²) >= 11 is 0. The number of carbonyl (C=O) groups excluding carboxylic acids is 2. The number of aryl methyl sites for hydroxylation is 1. The van der Waals surface area contributed by atoms with Crippen LogP contribution in [0.15, 0.2) is 18.2 Å². The first-order chi connectivity index (χ1) is 11.5. The van der Waals surface area contributed by atoms with Crippen LogP contribution in [0.25, 0.3) is 0 Å². The number of aliphatic carboxylic acids is 1. The lowest BCUT2D eigenvalue weighted by molar-refractivity contribution is -0.137. The van der Waals surface area contributed by atoms with Crippen molar-refractivity contribution in [2.45, 2.75) is 44.9 Å². The summed E-state index contributed by atoms with van der Waals surface area (Å²) in [6.07, 6.45) is 4.65. The van der Waals surface area contributed by atoms with Crippen LogP contribution in [0.2, 0.25) is 0 Å². The van der Waals surface area contributed by atoms with Gasteiger partial charge in [-0.25, -0.2) is 0 Å². The summed E-state index contributed by atoms with van der Waals surface area (Å²) in [5, 5.41) is 11.4. The predicted octanol–water partition coefficient (Wildman–Crippen LogP) is 2.36. The summed E-state index contributed by atoms with van der Waals surface area (Å²) in [5.74, 6) is -0.770. The molecule has 1 heterocycles. The molecule has 1 aliphatic rings. The molecule has 0 saturated heterocycles. The number of amides is 2. The number of hydrogen-bond acceptors (Lipinski definition) is 3. The van der Waals surface area contributed by atoms with Crippen LogP contribution in [0, 0.1) is 0 Å². The van der Waals surface area contributed by atoms with E-state index >= 15 is 0 Å². The quantitative estimate of drug-likeness (QED) is 0.716. The highest BCUT2D eigenvalue weighted by Crippen LogP contribution is 2.27. The Labute approximate surface area is 141 Å². The summed E-state index contributed by atoms with van der Waals surface area (Å²) in [6, 6.07) is 5.43. The Morgan fingerprint density at radius 1 is 1.17 bits per heavy atom. The highest BCUT2D eigenvalue weighted by molar-refractivity contribution is 5.98. The van der Waals surface area contributed by atoms with E-state index in [9.17, 15) is 14.4 Å². The van der Waals surface area contributed by atoms with Crippen molar-refractivity contribution in [1.82, 2.24) is 5.32 Å². The zero-order valence-corrected chi connectivity index (χ0v) is 14.0. The van der Waals surface area contributed by atoms with E-state index in [0.29, 0.717) is 31.4 Å². The van der Waals surface area contributed by atoms with Gasteiger partial charge in [-0.2, -0.15) is 0 Å². The number of anilines is 1. The molecule has 1 aliphatic heterocycles. The number of nitrogens with zero attached hydrogens (tertiary/aromatic N) is 1. The molecule has 1 aromatic rings. The van der Waals surface area contributed by atoms with Crippen molar-refractivity contribution in [2.24, 2.45) is 0 Å². The topological polar surface area (TPSA) is 86.7 Å². The number of rotatable bonds is 8. The Balaban J connectivity index is 1.77. The maximum absolute atomic E-state index is 12.2. The molecule has 0 radical (unpaired) electrons. The van der Waals surface area contributed by atoms with E-state index in [0.717, 1.165) is 30.5 Å². The van der Waals surface area contributed by atoms with E-state index in [1.165, 1.54) is 0 Å². The van der Waals surface area contributed by atoms with Crippen LogP contribution in [0.5, 0.6) is 0 Å². The van der Waals surface area contributed by atoms with E-state index in [2.05, 4.69) is 5.32 Å². The number of carboxylic acids is 1. The first-order valence-electron chi connectivity index (χ1n) is 8.38. The van der Waals surface area contributed by atoms with Crippen molar-refractivity contribution in [3.8, 4) is 0 Å². The zero-order chi connectivity index (χ0) is 17.5. The van der Waals surface area contributed by atoms with Crippen LogP contribution in [0.1, 0.15) is 54.4 Å². The number of benzene rings is 1. The van der Waals surface area contributed by atoms with Gasteiger partial charge >= 0.3 is 5.97 Å². The molecule has 2 amide bonds. The number of unbranched alkanes of at least 4 members (excludes halogenated alkanes) is 3. The molecule has 130 valence electrons. The third-order valence-electron chi connectivity index (χ3n) is 4.29. The second kappa shape index (κ2) is 8.47. The van der Waals surface area contributed by atoms with Crippen LogP contribution < -0.4 is 10.2 Å². The van der Waals surface area contributed by atoms with Gasteiger partial charge in [0.05, 0.1) is 0 Å². The third-order valence-corrected chi connectivity index (χ3v) is 4.29. The number of hydrogen-bond donors (Lipinski definition) is 2. The summed E-state index contributed by atoms with van der Waals surface area (Å²) in [5.41, 5.74) is 2.52. The van der Waals surface area contributed by atoms with E-state index in [4.69, 9.17) is 5.11 Å². The average Bonchev–Trinajstić information content (AvgIpc) is 2.56. The van der Waals surface area contributed by atoms with Gasteiger partial charge < -0.3 is 15.3 Å². The summed E-state index contributed by atoms with van der Waals surface area (Å²) in [7, 11) is 1.75. The molecule has 0 bridgehead atoms. The van der Waals surface area contributed by atoms with Gasteiger partial charge in [0.2, 0.25) is 5.91 Å². The van der Waals surface area contributed by atoms with Crippen molar-refractivity contribution >= 4 is 23.5 Å². The average molecular weight is 332 g/mol. The monoisotopic (exact) mass is 332 g/mol. The van der Waals surface area contributed by atoms with Crippen LogP contribution in [0.3, 0.4) is 0 Å². The number of fused-ring (bicyclic) bond motifs is 1.